The van der Waals surface area contributed by atoms with E-state index in [0.29, 0.717) is 17.9 Å². The van der Waals surface area contributed by atoms with Crippen molar-refractivity contribution < 1.29 is 13.9 Å². The lowest BCUT2D eigenvalue weighted by Crippen LogP contribution is -2.43. The second-order valence-corrected chi connectivity index (χ2v) is 6.26. The Kier molecular flexibility index (Phi) is 3.85. The molecule has 5 nitrogen and oxygen atoms in total. The Morgan fingerprint density at radius 1 is 1.31 bits per heavy atom. The highest BCUT2D eigenvalue weighted by Crippen LogP contribution is 2.37. The van der Waals surface area contributed by atoms with Crippen LogP contribution in [0.15, 0.2) is 48.5 Å². The maximum atomic E-state index is 14.1. The van der Waals surface area contributed by atoms with Gasteiger partial charge in [0.15, 0.2) is 11.6 Å². The molecule has 130 valence electrons. The van der Waals surface area contributed by atoms with Crippen molar-refractivity contribution in [3.05, 3.63) is 60.0 Å². The lowest BCUT2D eigenvalue weighted by Gasteiger charge is -2.33. The molecule has 26 heavy (non-hydrogen) atoms. The summed E-state index contributed by atoms with van der Waals surface area (Å²) >= 11 is 0. The third-order valence-electron chi connectivity index (χ3n) is 4.50. The fourth-order valence-electron chi connectivity index (χ4n) is 3.38. The van der Waals surface area contributed by atoms with Crippen LogP contribution in [-0.2, 0) is 6.54 Å². The Morgan fingerprint density at radius 3 is 2.92 bits per heavy atom. The highest BCUT2D eigenvalue weighted by atomic mass is 19.1. The van der Waals surface area contributed by atoms with Crippen molar-refractivity contribution in [3.63, 3.8) is 0 Å². The summed E-state index contributed by atoms with van der Waals surface area (Å²) in [5.41, 5.74) is 1.62. The molecule has 2 aromatic carbocycles. The molecule has 0 spiro atoms. The number of fused-ring (bicyclic) bond motifs is 2. The van der Waals surface area contributed by atoms with Gasteiger partial charge in [0.25, 0.3) is 5.91 Å². The van der Waals surface area contributed by atoms with Crippen LogP contribution in [-0.4, -0.2) is 23.1 Å². The Morgan fingerprint density at radius 2 is 2.12 bits per heavy atom. The summed E-state index contributed by atoms with van der Waals surface area (Å²) in [5, 5.41) is 10.1. The van der Waals surface area contributed by atoms with Crippen molar-refractivity contribution in [1.82, 2.24) is 4.57 Å². The van der Waals surface area contributed by atoms with Gasteiger partial charge in [-0.1, -0.05) is 24.3 Å². The van der Waals surface area contributed by atoms with Crippen LogP contribution in [0.3, 0.4) is 0 Å². The first kappa shape index (κ1) is 16.2. The van der Waals surface area contributed by atoms with Crippen LogP contribution in [0.5, 0.6) is 5.75 Å². The number of hydrogen-bond donors (Lipinski definition) is 0. The summed E-state index contributed by atoms with van der Waals surface area (Å²) < 4.78 is 21.4. The first-order valence-electron chi connectivity index (χ1n) is 8.32. The Balaban J connectivity index is 1.85. The number of rotatable bonds is 2. The molecule has 1 aliphatic heterocycles. The van der Waals surface area contributed by atoms with Crippen molar-refractivity contribution in [2.75, 3.05) is 11.4 Å². The molecule has 1 aliphatic rings. The predicted octanol–water partition coefficient (Wildman–Crippen LogP) is 3.73. The molecule has 0 saturated heterocycles. The third-order valence-corrected chi connectivity index (χ3v) is 4.50. The molecule has 1 aromatic heterocycles. The minimum Gasteiger partial charge on any atom is -0.484 e. The van der Waals surface area contributed by atoms with Crippen molar-refractivity contribution in [2.24, 2.45) is 0 Å². The van der Waals surface area contributed by atoms with Gasteiger partial charge in [-0.2, -0.15) is 5.26 Å². The molecule has 0 saturated carbocycles. The third kappa shape index (κ3) is 2.49. The number of ether oxygens (including phenoxy) is 1. The summed E-state index contributed by atoms with van der Waals surface area (Å²) in [5.74, 6) is -0.689. The van der Waals surface area contributed by atoms with Gasteiger partial charge in [0.05, 0.1) is 18.3 Å². The second-order valence-electron chi connectivity index (χ2n) is 6.26. The Bertz CT molecular complexity index is 1050. The molecular weight excluding hydrogens is 333 g/mol. The van der Waals surface area contributed by atoms with Gasteiger partial charge in [-0.15, -0.1) is 0 Å². The Labute approximate surface area is 149 Å². The molecule has 0 bridgehead atoms. The highest BCUT2D eigenvalue weighted by Gasteiger charge is 2.31. The SMILES string of the molecule is CC1CN(C(=O)c2cc3ccccc3n2CC#N)c2cccc(F)c2O1. The molecule has 1 atom stereocenters. The zero-order valence-corrected chi connectivity index (χ0v) is 14.1. The molecule has 4 rings (SSSR count). The van der Waals surface area contributed by atoms with Crippen LogP contribution in [0.1, 0.15) is 17.4 Å². The zero-order valence-electron chi connectivity index (χ0n) is 14.1. The molecule has 1 amide bonds. The molecule has 2 heterocycles. The van der Waals surface area contributed by atoms with Gasteiger partial charge in [-0.3, -0.25) is 9.69 Å². The fraction of sp³-hybridized carbons (Fsp3) is 0.200. The van der Waals surface area contributed by atoms with Gasteiger partial charge in [0.1, 0.15) is 18.3 Å². The minimum absolute atomic E-state index is 0.0600. The number of aromatic nitrogens is 1. The van der Waals surface area contributed by atoms with E-state index in [1.165, 1.54) is 11.0 Å². The quantitative estimate of drug-likeness (QED) is 0.708. The van der Waals surface area contributed by atoms with Crippen LogP contribution < -0.4 is 9.64 Å². The molecule has 0 radical (unpaired) electrons. The molecule has 1 unspecified atom stereocenters. The standard InChI is InChI=1S/C20H16FN3O2/c1-13-12-24(17-8-4-6-15(21)19(17)26-13)20(25)18-11-14-5-2-3-7-16(14)23(18)10-9-22/h2-8,11,13H,10,12H2,1H3. The molecule has 0 N–H and O–H groups in total. The van der Waals surface area contributed by atoms with Crippen LogP contribution in [0.2, 0.25) is 0 Å². The van der Waals surface area contributed by atoms with E-state index in [4.69, 9.17) is 4.74 Å². The van der Waals surface area contributed by atoms with E-state index in [1.807, 2.05) is 24.3 Å². The highest BCUT2D eigenvalue weighted by molar-refractivity contribution is 6.09. The number of anilines is 1. The Hall–Kier alpha value is -3.33. The largest absolute Gasteiger partial charge is 0.484 e. The molecular formula is C20H16FN3O2. The number of nitriles is 1. The maximum absolute atomic E-state index is 14.1. The average molecular weight is 349 g/mol. The molecule has 6 heteroatoms. The number of carbonyl (C=O) groups is 1. The minimum atomic E-state index is -0.496. The van der Waals surface area contributed by atoms with Gasteiger partial charge in [0, 0.05) is 10.9 Å². The monoisotopic (exact) mass is 349 g/mol. The topological polar surface area (TPSA) is 58.3 Å². The predicted molar refractivity (Wildman–Crippen MR) is 95.7 cm³/mol. The molecule has 0 fully saturated rings. The lowest BCUT2D eigenvalue weighted by molar-refractivity contribution is 0.0951. The summed E-state index contributed by atoms with van der Waals surface area (Å²) in [6.45, 7) is 2.16. The van der Waals surface area contributed by atoms with Crippen molar-refractivity contribution in [3.8, 4) is 11.8 Å². The van der Waals surface area contributed by atoms with E-state index in [0.717, 1.165) is 10.9 Å². The molecule has 3 aromatic rings. The van der Waals surface area contributed by atoms with Crippen molar-refractivity contribution in [2.45, 2.75) is 19.6 Å². The first-order valence-corrected chi connectivity index (χ1v) is 8.32. The number of amides is 1. The van der Waals surface area contributed by atoms with Gasteiger partial charge in [0.2, 0.25) is 0 Å². The second kappa shape index (κ2) is 6.19. The van der Waals surface area contributed by atoms with Gasteiger partial charge in [-0.05, 0) is 31.2 Å². The zero-order chi connectivity index (χ0) is 18.3. The summed E-state index contributed by atoms with van der Waals surface area (Å²) in [7, 11) is 0. The van der Waals surface area contributed by atoms with Gasteiger partial charge < -0.3 is 9.30 Å². The van der Waals surface area contributed by atoms with Crippen molar-refractivity contribution >= 4 is 22.5 Å². The van der Waals surface area contributed by atoms with E-state index in [-0.39, 0.29) is 24.3 Å². The van der Waals surface area contributed by atoms with E-state index in [9.17, 15) is 14.4 Å². The number of halogens is 1. The van der Waals surface area contributed by atoms with E-state index in [1.54, 1.807) is 29.7 Å². The number of benzene rings is 2. The summed E-state index contributed by atoms with van der Waals surface area (Å²) in [6.07, 6.45) is -0.336. The van der Waals surface area contributed by atoms with E-state index in [2.05, 4.69) is 6.07 Å². The number of carbonyl (C=O) groups excluding carboxylic acids is 1. The molecule has 0 aliphatic carbocycles. The van der Waals surface area contributed by atoms with Crippen LogP contribution in [0.4, 0.5) is 10.1 Å². The number of nitrogens with zero attached hydrogens (tertiary/aromatic N) is 3. The lowest BCUT2D eigenvalue weighted by atomic mass is 10.1. The van der Waals surface area contributed by atoms with E-state index < -0.39 is 5.82 Å². The van der Waals surface area contributed by atoms with Crippen LogP contribution in [0.25, 0.3) is 10.9 Å². The smallest absolute Gasteiger partial charge is 0.275 e. The summed E-state index contributed by atoms with van der Waals surface area (Å²) in [6, 6.07) is 15.9. The number of hydrogen-bond acceptors (Lipinski definition) is 3. The van der Waals surface area contributed by atoms with Crippen LogP contribution >= 0.6 is 0 Å². The first-order chi connectivity index (χ1) is 12.6. The van der Waals surface area contributed by atoms with Crippen LogP contribution in [0, 0.1) is 17.1 Å². The average Bonchev–Trinajstić information content (AvgIpc) is 3.00. The maximum Gasteiger partial charge on any atom is 0.275 e. The summed E-state index contributed by atoms with van der Waals surface area (Å²) in [4.78, 5) is 14.8. The van der Waals surface area contributed by atoms with E-state index >= 15 is 0 Å². The normalized spacial score (nSPS) is 16.0. The van der Waals surface area contributed by atoms with Gasteiger partial charge >= 0.3 is 0 Å². The fourth-order valence-corrected chi connectivity index (χ4v) is 3.38. The van der Waals surface area contributed by atoms with Crippen molar-refractivity contribution in [1.29, 1.82) is 5.26 Å². The number of para-hydroxylation sites is 2. The van der Waals surface area contributed by atoms with Gasteiger partial charge in [-0.25, -0.2) is 4.39 Å².